The highest BCUT2D eigenvalue weighted by Crippen LogP contribution is 2.24. The normalized spacial score (nSPS) is 10.6. The number of aromatic nitrogens is 1. The van der Waals surface area contributed by atoms with Crippen molar-refractivity contribution >= 4 is 17.9 Å². The number of carbonyl (C=O) groups excluding carboxylic acids is 1. The monoisotopic (exact) mass is 223 g/mol. The third-order valence-corrected chi connectivity index (χ3v) is 1.86. The van der Waals surface area contributed by atoms with Gasteiger partial charge in [-0.2, -0.15) is 4.39 Å². The first-order chi connectivity index (χ1) is 6.60. The molecule has 76 valence electrons. The molecule has 2 nitrogen and oxygen atoms in total. The number of hydrogen-bond acceptors (Lipinski definition) is 2. The van der Waals surface area contributed by atoms with Crippen molar-refractivity contribution in [2.24, 2.45) is 0 Å². The van der Waals surface area contributed by atoms with Crippen LogP contribution in [0, 0.1) is 5.95 Å². The predicted molar refractivity (Wildman–Crippen MR) is 44.1 cm³/mol. The van der Waals surface area contributed by atoms with Gasteiger partial charge in [0.2, 0.25) is 5.95 Å². The van der Waals surface area contributed by atoms with E-state index >= 15 is 0 Å². The zero-order valence-corrected chi connectivity index (χ0v) is 7.56. The molecule has 14 heavy (non-hydrogen) atoms. The molecule has 0 saturated carbocycles. The zero-order valence-electron chi connectivity index (χ0n) is 6.81. The van der Waals surface area contributed by atoms with Gasteiger partial charge in [-0.05, 0) is 6.07 Å². The summed E-state index contributed by atoms with van der Waals surface area (Å²) in [6.07, 6.45) is -2.69. The summed E-state index contributed by atoms with van der Waals surface area (Å²) in [6, 6.07) is 0.762. The van der Waals surface area contributed by atoms with Crippen LogP contribution in [0.3, 0.4) is 0 Å². The van der Waals surface area contributed by atoms with Gasteiger partial charge in [-0.1, -0.05) is 0 Å². The van der Waals surface area contributed by atoms with E-state index in [0.717, 1.165) is 6.07 Å². The van der Waals surface area contributed by atoms with E-state index in [1.807, 2.05) is 0 Å². The second-order valence-corrected chi connectivity index (χ2v) is 2.72. The van der Waals surface area contributed by atoms with Crippen molar-refractivity contribution in [2.45, 2.75) is 12.3 Å². The maximum Gasteiger partial charge on any atom is 0.265 e. The van der Waals surface area contributed by atoms with Crippen LogP contribution >= 0.6 is 11.6 Å². The van der Waals surface area contributed by atoms with Crippen LogP contribution in [0.5, 0.6) is 0 Å². The van der Waals surface area contributed by atoms with Gasteiger partial charge in [-0.15, -0.1) is 11.6 Å². The quantitative estimate of drug-likeness (QED) is 0.448. The molecule has 1 rings (SSSR count). The third kappa shape index (κ3) is 2.04. The molecular weight excluding hydrogens is 219 g/mol. The summed E-state index contributed by atoms with van der Waals surface area (Å²) in [6.45, 7) is 0. The van der Waals surface area contributed by atoms with E-state index < -0.39 is 23.5 Å². The van der Waals surface area contributed by atoms with E-state index in [1.54, 1.807) is 0 Å². The molecule has 0 atom stereocenters. The van der Waals surface area contributed by atoms with Crippen molar-refractivity contribution in [1.29, 1.82) is 0 Å². The molecule has 0 fully saturated rings. The Morgan fingerprint density at radius 1 is 1.57 bits per heavy atom. The lowest BCUT2D eigenvalue weighted by atomic mass is 10.1. The molecular formula is C8H5ClF3NO. The van der Waals surface area contributed by atoms with Gasteiger partial charge in [0.05, 0.1) is 17.1 Å². The van der Waals surface area contributed by atoms with E-state index in [2.05, 4.69) is 4.98 Å². The zero-order chi connectivity index (χ0) is 10.7. The molecule has 0 aliphatic rings. The first-order valence-corrected chi connectivity index (χ1v) is 4.12. The second kappa shape index (κ2) is 4.41. The van der Waals surface area contributed by atoms with Crippen molar-refractivity contribution in [3.05, 3.63) is 28.8 Å². The summed E-state index contributed by atoms with van der Waals surface area (Å²) in [5.41, 5.74) is -1.25. The average Bonchev–Trinajstić information content (AvgIpc) is 2.16. The molecule has 0 aromatic carbocycles. The summed E-state index contributed by atoms with van der Waals surface area (Å²) in [5, 5.41) is 0. The smallest absolute Gasteiger partial charge is 0.265 e. The van der Waals surface area contributed by atoms with Crippen molar-refractivity contribution in [2.75, 3.05) is 0 Å². The van der Waals surface area contributed by atoms with Crippen LogP contribution in [-0.2, 0) is 5.88 Å². The fourth-order valence-electron chi connectivity index (χ4n) is 0.937. The van der Waals surface area contributed by atoms with Gasteiger partial charge in [-0.25, -0.2) is 13.8 Å². The Hall–Kier alpha value is -1.10. The van der Waals surface area contributed by atoms with Crippen molar-refractivity contribution < 1.29 is 18.0 Å². The lowest BCUT2D eigenvalue weighted by molar-refractivity contribution is 0.111. The van der Waals surface area contributed by atoms with Gasteiger partial charge in [0, 0.05) is 5.56 Å². The lowest BCUT2D eigenvalue weighted by Gasteiger charge is -2.06. The van der Waals surface area contributed by atoms with Crippen molar-refractivity contribution in [3.63, 3.8) is 0 Å². The van der Waals surface area contributed by atoms with Gasteiger partial charge >= 0.3 is 0 Å². The molecule has 1 heterocycles. The van der Waals surface area contributed by atoms with Crippen LogP contribution in [0.1, 0.15) is 28.0 Å². The molecule has 0 unspecified atom stereocenters. The summed E-state index contributed by atoms with van der Waals surface area (Å²) in [5.74, 6) is -1.41. The number of hydrogen-bond donors (Lipinski definition) is 0. The largest absolute Gasteiger partial charge is 0.298 e. The topological polar surface area (TPSA) is 30.0 Å². The number of nitrogens with zero attached hydrogens (tertiary/aromatic N) is 1. The van der Waals surface area contributed by atoms with Crippen LogP contribution in [0.15, 0.2) is 6.07 Å². The van der Waals surface area contributed by atoms with Crippen molar-refractivity contribution in [1.82, 2.24) is 4.98 Å². The minimum absolute atomic E-state index is 0.131. The summed E-state index contributed by atoms with van der Waals surface area (Å²) in [7, 11) is 0. The molecule has 0 saturated heterocycles. The first-order valence-electron chi connectivity index (χ1n) is 3.58. The molecule has 0 bridgehead atoms. The van der Waals surface area contributed by atoms with Crippen molar-refractivity contribution in [3.8, 4) is 0 Å². The SMILES string of the molecule is O=Cc1cc(C(F)F)c(CCl)nc1F. The fraction of sp³-hybridized carbons (Fsp3) is 0.250. The van der Waals surface area contributed by atoms with Gasteiger partial charge in [0.25, 0.3) is 6.43 Å². The van der Waals surface area contributed by atoms with E-state index in [9.17, 15) is 18.0 Å². The number of aldehydes is 1. The van der Waals surface area contributed by atoms with Gasteiger partial charge in [0.15, 0.2) is 6.29 Å². The molecule has 6 heteroatoms. The molecule has 0 N–H and O–H groups in total. The molecule has 0 aliphatic heterocycles. The first kappa shape index (κ1) is 11.0. The van der Waals surface area contributed by atoms with Gasteiger partial charge in [-0.3, -0.25) is 4.79 Å². The number of pyridine rings is 1. The maximum absolute atomic E-state index is 12.8. The molecule has 0 radical (unpaired) electrons. The van der Waals surface area contributed by atoms with Gasteiger partial charge < -0.3 is 0 Å². The Balaban J connectivity index is 3.32. The van der Waals surface area contributed by atoms with Crippen LogP contribution in [0.2, 0.25) is 0 Å². The predicted octanol–water partition coefficient (Wildman–Crippen LogP) is 2.71. The number of alkyl halides is 3. The molecule has 0 spiro atoms. The maximum atomic E-state index is 12.8. The second-order valence-electron chi connectivity index (χ2n) is 2.46. The molecule has 1 aromatic rings. The highest BCUT2D eigenvalue weighted by atomic mass is 35.5. The van der Waals surface area contributed by atoms with Crippen LogP contribution in [0.25, 0.3) is 0 Å². The molecule has 0 aliphatic carbocycles. The standard InChI is InChI=1S/C8H5ClF3NO/c9-2-6-5(7(10)11)1-4(3-14)8(12)13-6/h1,3,7H,2H2. The Bertz CT molecular complexity index is 357. The number of halogens is 4. The van der Waals surface area contributed by atoms with E-state index in [-0.39, 0.29) is 17.9 Å². The Labute approximate surface area is 82.7 Å². The lowest BCUT2D eigenvalue weighted by Crippen LogP contribution is -2.02. The van der Waals surface area contributed by atoms with E-state index in [0.29, 0.717) is 0 Å². The Kier molecular flexibility index (Phi) is 3.46. The Morgan fingerprint density at radius 2 is 2.21 bits per heavy atom. The minimum Gasteiger partial charge on any atom is -0.298 e. The highest BCUT2D eigenvalue weighted by Gasteiger charge is 2.17. The van der Waals surface area contributed by atoms with Gasteiger partial charge in [0.1, 0.15) is 0 Å². The summed E-state index contributed by atoms with van der Waals surface area (Å²) in [4.78, 5) is 13.4. The summed E-state index contributed by atoms with van der Waals surface area (Å²) < 4.78 is 37.5. The number of rotatable bonds is 3. The van der Waals surface area contributed by atoms with Crippen LogP contribution < -0.4 is 0 Å². The third-order valence-electron chi connectivity index (χ3n) is 1.60. The minimum atomic E-state index is -2.82. The van der Waals surface area contributed by atoms with E-state index in [4.69, 9.17) is 11.6 Å². The van der Waals surface area contributed by atoms with Crippen LogP contribution in [-0.4, -0.2) is 11.3 Å². The summed E-state index contributed by atoms with van der Waals surface area (Å²) >= 11 is 5.29. The Morgan fingerprint density at radius 3 is 2.64 bits per heavy atom. The van der Waals surface area contributed by atoms with Crippen LogP contribution in [0.4, 0.5) is 13.2 Å². The number of carbonyl (C=O) groups is 1. The van der Waals surface area contributed by atoms with E-state index in [1.165, 1.54) is 0 Å². The molecule has 1 aromatic heterocycles. The molecule has 0 amide bonds. The highest BCUT2D eigenvalue weighted by molar-refractivity contribution is 6.17. The average molecular weight is 224 g/mol. The fourth-order valence-corrected chi connectivity index (χ4v) is 1.15.